The average Bonchev–Trinajstić information content (AvgIpc) is 2.42. The van der Waals surface area contributed by atoms with Crippen molar-refractivity contribution >= 4 is 45.3 Å². The Kier molecular flexibility index (Phi) is 5.51. The molecule has 0 spiro atoms. The van der Waals surface area contributed by atoms with E-state index in [1.54, 1.807) is 6.20 Å². The summed E-state index contributed by atoms with van der Waals surface area (Å²) < 4.78 is 11.8. The van der Waals surface area contributed by atoms with Crippen molar-refractivity contribution in [3.8, 4) is 5.75 Å². The number of benzene rings is 1. The van der Waals surface area contributed by atoms with Crippen molar-refractivity contribution in [1.29, 1.82) is 0 Å². The van der Waals surface area contributed by atoms with Crippen LogP contribution < -0.4 is 15.8 Å². The number of fused-ring (bicyclic) bond motifs is 1. The number of rotatable bonds is 4. The van der Waals surface area contributed by atoms with Crippen molar-refractivity contribution in [2.24, 2.45) is 0 Å². The van der Waals surface area contributed by atoms with E-state index < -0.39 is 11.7 Å². The summed E-state index contributed by atoms with van der Waals surface area (Å²) in [6, 6.07) is 5.76. The van der Waals surface area contributed by atoms with Crippen LogP contribution in [0.15, 0.2) is 24.4 Å². The molecule has 0 saturated carbocycles. The second-order valence-corrected chi connectivity index (χ2v) is 7.14. The molecule has 0 radical (unpaired) electrons. The van der Waals surface area contributed by atoms with Gasteiger partial charge in [-0.3, -0.25) is 0 Å². The number of amides is 1. The number of pyridine rings is 1. The molecule has 0 bridgehead atoms. The van der Waals surface area contributed by atoms with E-state index in [0.29, 0.717) is 24.7 Å². The van der Waals surface area contributed by atoms with Gasteiger partial charge in [0.1, 0.15) is 23.8 Å². The zero-order valence-corrected chi connectivity index (χ0v) is 15.5. The highest BCUT2D eigenvalue weighted by Crippen LogP contribution is 2.29. The first kappa shape index (κ1) is 17.6. The average molecular weight is 429 g/mol. The molecule has 0 fully saturated rings. The van der Waals surface area contributed by atoms with Gasteiger partial charge in [0.15, 0.2) is 0 Å². The van der Waals surface area contributed by atoms with Crippen molar-refractivity contribution in [2.45, 2.75) is 26.4 Å². The Morgan fingerprint density at radius 3 is 2.83 bits per heavy atom. The molecular formula is C16H20IN3O3. The highest BCUT2D eigenvalue weighted by atomic mass is 127. The Hall–Kier alpha value is -1.77. The molecule has 1 aromatic carbocycles. The predicted molar refractivity (Wildman–Crippen MR) is 98.6 cm³/mol. The molecule has 0 aliphatic carbocycles. The maximum Gasteiger partial charge on any atom is 0.407 e. The van der Waals surface area contributed by atoms with Crippen LogP contribution in [0.5, 0.6) is 5.75 Å². The molecule has 1 aromatic heterocycles. The molecule has 6 nitrogen and oxygen atoms in total. The van der Waals surface area contributed by atoms with E-state index in [0.717, 1.165) is 14.3 Å². The fraction of sp³-hybridized carbons (Fsp3) is 0.375. The molecule has 0 aliphatic rings. The van der Waals surface area contributed by atoms with Crippen LogP contribution in [-0.4, -0.2) is 29.8 Å². The largest absolute Gasteiger partial charge is 0.491 e. The van der Waals surface area contributed by atoms with E-state index >= 15 is 0 Å². The second kappa shape index (κ2) is 7.20. The number of nitrogen functional groups attached to an aromatic ring is 1. The molecule has 7 heteroatoms. The summed E-state index contributed by atoms with van der Waals surface area (Å²) in [6.45, 7) is 6.14. The third kappa shape index (κ3) is 5.12. The van der Waals surface area contributed by atoms with Gasteiger partial charge in [0.05, 0.1) is 10.1 Å². The maximum atomic E-state index is 11.5. The van der Waals surface area contributed by atoms with Gasteiger partial charge in [-0.25, -0.2) is 9.78 Å². The Labute approximate surface area is 148 Å². The predicted octanol–water partition coefficient (Wildman–Crippen LogP) is 3.33. The molecule has 1 heterocycles. The number of carbonyl (C=O) groups excluding carboxylic acids is 1. The van der Waals surface area contributed by atoms with Gasteiger partial charge in [0, 0.05) is 11.6 Å². The van der Waals surface area contributed by atoms with Crippen LogP contribution in [-0.2, 0) is 4.74 Å². The molecule has 23 heavy (non-hydrogen) atoms. The lowest BCUT2D eigenvalue weighted by molar-refractivity contribution is 0.0520. The molecule has 0 unspecified atom stereocenters. The van der Waals surface area contributed by atoms with Crippen LogP contribution >= 0.6 is 22.6 Å². The third-order valence-corrected chi connectivity index (χ3v) is 3.72. The minimum absolute atomic E-state index is 0.334. The lowest BCUT2D eigenvalue weighted by Gasteiger charge is -2.19. The number of aromatic nitrogens is 1. The van der Waals surface area contributed by atoms with Crippen molar-refractivity contribution in [3.63, 3.8) is 0 Å². The van der Waals surface area contributed by atoms with E-state index in [1.165, 1.54) is 0 Å². The van der Waals surface area contributed by atoms with Crippen molar-refractivity contribution < 1.29 is 14.3 Å². The summed E-state index contributed by atoms with van der Waals surface area (Å²) in [5, 5.41) is 4.52. The number of ether oxygens (including phenoxy) is 2. The number of alkyl carbamates (subject to hydrolysis) is 1. The SMILES string of the molecule is CC(C)(C)OC(=O)NCCOc1cc2c(N)nccc2cc1I. The van der Waals surface area contributed by atoms with Gasteiger partial charge in [0.2, 0.25) is 0 Å². The second-order valence-electron chi connectivity index (χ2n) is 5.98. The fourth-order valence-corrected chi connectivity index (χ4v) is 2.58. The number of nitrogens with one attached hydrogen (secondary N) is 1. The Bertz CT molecular complexity index is 714. The Morgan fingerprint density at radius 1 is 1.39 bits per heavy atom. The smallest absolute Gasteiger partial charge is 0.407 e. The van der Waals surface area contributed by atoms with Gasteiger partial charge in [-0.1, -0.05) is 0 Å². The number of nitrogens with zero attached hydrogens (tertiary/aromatic N) is 1. The van der Waals surface area contributed by atoms with Crippen molar-refractivity contribution in [1.82, 2.24) is 10.3 Å². The Balaban J connectivity index is 1.94. The molecule has 0 aliphatic heterocycles. The van der Waals surface area contributed by atoms with Gasteiger partial charge in [-0.2, -0.15) is 0 Å². The molecule has 124 valence electrons. The Morgan fingerprint density at radius 2 is 2.13 bits per heavy atom. The molecular weight excluding hydrogens is 409 g/mol. The van der Waals surface area contributed by atoms with E-state index in [2.05, 4.69) is 32.9 Å². The number of hydrogen-bond donors (Lipinski definition) is 2. The lowest BCUT2D eigenvalue weighted by atomic mass is 10.1. The van der Waals surface area contributed by atoms with Crippen molar-refractivity contribution in [2.75, 3.05) is 18.9 Å². The van der Waals surface area contributed by atoms with Crippen LogP contribution in [0.4, 0.5) is 10.6 Å². The summed E-state index contributed by atoms with van der Waals surface area (Å²) in [5.74, 6) is 1.18. The highest BCUT2D eigenvalue weighted by Gasteiger charge is 2.15. The molecule has 0 atom stereocenters. The van der Waals surface area contributed by atoms with Crippen LogP contribution in [0.2, 0.25) is 0 Å². The first-order valence-electron chi connectivity index (χ1n) is 7.19. The van der Waals surface area contributed by atoms with Gasteiger partial charge >= 0.3 is 6.09 Å². The van der Waals surface area contributed by atoms with Crippen LogP contribution in [0.25, 0.3) is 10.8 Å². The first-order chi connectivity index (χ1) is 10.8. The first-order valence-corrected chi connectivity index (χ1v) is 8.27. The molecule has 0 saturated heterocycles. The molecule has 1 amide bonds. The summed E-state index contributed by atoms with van der Waals surface area (Å²) in [5.41, 5.74) is 5.38. The number of anilines is 1. The van der Waals surface area contributed by atoms with E-state index in [9.17, 15) is 4.79 Å². The maximum absolute atomic E-state index is 11.5. The highest BCUT2D eigenvalue weighted by molar-refractivity contribution is 14.1. The number of halogens is 1. The summed E-state index contributed by atoms with van der Waals surface area (Å²) in [4.78, 5) is 15.6. The van der Waals surface area contributed by atoms with Gasteiger partial charge < -0.3 is 20.5 Å². The van der Waals surface area contributed by atoms with Crippen LogP contribution in [0, 0.1) is 3.57 Å². The summed E-state index contributed by atoms with van der Waals surface area (Å²) in [6.07, 6.45) is 1.22. The molecule has 2 aromatic rings. The minimum atomic E-state index is -0.511. The number of hydrogen-bond acceptors (Lipinski definition) is 5. The molecule has 3 N–H and O–H groups in total. The topological polar surface area (TPSA) is 86.5 Å². The zero-order valence-electron chi connectivity index (χ0n) is 13.4. The van der Waals surface area contributed by atoms with Crippen molar-refractivity contribution in [3.05, 3.63) is 28.0 Å². The zero-order chi connectivity index (χ0) is 17.0. The molecule has 2 rings (SSSR count). The standard InChI is InChI=1S/C16H20IN3O3/c1-16(2,3)23-15(21)20-6-7-22-13-9-11-10(8-12(13)17)4-5-19-14(11)18/h4-5,8-9H,6-7H2,1-3H3,(H2,18,19)(H,20,21). The summed E-state index contributed by atoms with van der Waals surface area (Å²) in [7, 11) is 0. The fourth-order valence-electron chi connectivity index (χ4n) is 1.93. The van der Waals surface area contributed by atoms with Crippen LogP contribution in [0.3, 0.4) is 0 Å². The number of nitrogens with two attached hydrogens (primary N) is 1. The number of carbonyl (C=O) groups is 1. The van der Waals surface area contributed by atoms with Crippen LogP contribution in [0.1, 0.15) is 20.8 Å². The lowest BCUT2D eigenvalue weighted by Crippen LogP contribution is -2.34. The van der Waals surface area contributed by atoms with Gasteiger partial charge in [-0.15, -0.1) is 0 Å². The monoisotopic (exact) mass is 429 g/mol. The van der Waals surface area contributed by atoms with Gasteiger partial charge in [-0.05, 0) is 66.9 Å². The van der Waals surface area contributed by atoms with E-state index in [-0.39, 0.29) is 0 Å². The summed E-state index contributed by atoms with van der Waals surface area (Å²) >= 11 is 2.20. The van der Waals surface area contributed by atoms with E-state index in [4.69, 9.17) is 15.2 Å². The van der Waals surface area contributed by atoms with Gasteiger partial charge in [0.25, 0.3) is 0 Å². The normalized spacial score (nSPS) is 11.3. The van der Waals surface area contributed by atoms with E-state index in [1.807, 2.05) is 39.0 Å². The quantitative estimate of drug-likeness (QED) is 0.575. The minimum Gasteiger partial charge on any atom is -0.491 e. The third-order valence-electron chi connectivity index (χ3n) is 2.88.